The van der Waals surface area contributed by atoms with Crippen LogP contribution in [0.5, 0.6) is 0 Å². The number of amides is 2. The molecule has 1 aliphatic rings. The topological polar surface area (TPSA) is 90.5 Å². The first-order valence-corrected chi connectivity index (χ1v) is 9.27. The number of hydrogen-bond acceptors (Lipinski definition) is 3. The van der Waals surface area contributed by atoms with Crippen LogP contribution in [0, 0.1) is 0 Å². The molecule has 0 spiro atoms. The average Bonchev–Trinajstić information content (AvgIpc) is 2.61. The molecule has 8 heteroatoms. The van der Waals surface area contributed by atoms with Crippen LogP contribution in [0.3, 0.4) is 0 Å². The minimum atomic E-state index is -1.01. The van der Waals surface area contributed by atoms with Crippen LogP contribution in [0.15, 0.2) is 36.4 Å². The summed E-state index contributed by atoms with van der Waals surface area (Å²) in [5, 5.41) is 18.6. The summed E-state index contributed by atoms with van der Waals surface area (Å²) in [7, 11) is 0. The van der Waals surface area contributed by atoms with Crippen LogP contribution in [-0.2, 0) is 11.2 Å². The van der Waals surface area contributed by atoms with Crippen molar-refractivity contribution in [3.8, 4) is 0 Å². The standard InChI is InChI=1S/C19H19Cl2N3O3/c1-2-10-3-5-12(6-4-10)22-19(27)24-15-9-16(18(25)26)23-14-8-11(20)7-13(21)17(14)15/h3-8,15-16,23H,2,9H2,1H3,(H,25,26)(H2,22,24,27)/t15-,16+/m1/s1. The number of carbonyl (C=O) groups is 2. The third kappa shape index (κ3) is 4.46. The van der Waals surface area contributed by atoms with Crippen molar-refractivity contribution in [1.82, 2.24) is 5.32 Å². The van der Waals surface area contributed by atoms with Gasteiger partial charge in [-0.25, -0.2) is 9.59 Å². The maximum absolute atomic E-state index is 12.4. The van der Waals surface area contributed by atoms with E-state index in [1.165, 1.54) is 5.56 Å². The normalized spacial score (nSPS) is 18.2. The summed E-state index contributed by atoms with van der Waals surface area (Å²) in [5.74, 6) is -1.01. The Labute approximate surface area is 166 Å². The Morgan fingerprint density at radius 1 is 1.22 bits per heavy atom. The van der Waals surface area contributed by atoms with E-state index in [0.29, 0.717) is 27.0 Å². The minimum Gasteiger partial charge on any atom is -0.480 e. The highest BCUT2D eigenvalue weighted by molar-refractivity contribution is 6.35. The van der Waals surface area contributed by atoms with Gasteiger partial charge in [-0.1, -0.05) is 42.3 Å². The van der Waals surface area contributed by atoms with E-state index in [4.69, 9.17) is 23.2 Å². The summed E-state index contributed by atoms with van der Waals surface area (Å²) in [4.78, 5) is 23.9. The van der Waals surface area contributed by atoms with Gasteiger partial charge in [0.25, 0.3) is 0 Å². The molecule has 2 aromatic rings. The zero-order valence-corrected chi connectivity index (χ0v) is 16.1. The molecule has 2 atom stereocenters. The molecule has 0 aliphatic carbocycles. The second-order valence-electron chi connectivity index (χ2n) is 6.32. The molecule has 27 heavy (non-hydrogen) atoms. The molecule has 6 nitrogen and oxygen atoms in total. The van der Waals surface area contributed by atoms with Crippen molar-refractivity contribution in [3.05, 3.63) is 57.6 Å². The molecule has 0 saturated heterocycles. The van der Waals surface area contributed by atoms with E-state index < -0.39 is 24.1 Å². The lowest BCUT2D eigenvalue weighted by Gasteiger charge is -2.32. The lowest BCUT2D eigenvalue weighted by atomic mass is 9.93. The van der Waals surface area contributed by atoms with Crippen molar-refractivity contribution in [3.63, 3.8) is 0 Å². The molecule has 0 unspecified atom stereocenters. The number of nitrogens with one attached hydrogen (secondary N) is 3. The molecule has 1 aliphatic heterocycles. The molecule has 4 N–H and O–H groups in total. The van der Waals surface area contributed by atoms with E-state index >= 15 is 0 Å². The smallest absolute Gasteiger partial charge is 0.326 e. The average molecular weight is 408 g/mol. The fourth-order valence-electron chi connectivity index (χ4n) is 3.10. The first kappa shape index (κ1) is 19.3. The zero-order valence-electron chi connectivity index (χ0n) is 14.6. The van der Waals surface area contributed by atoms with Gasteiger partial charge in [0.2, 0.25) is 0 Å². The second kappa shape index (κ2) is 8.06. The van der Waals surface area contributed by atoms with E-state index in [9.17, 15) is 14.7 Å². The zero-order chi connectivity index (χ0) is 19.6. The van der Waals surface area contributed by atoms with Gasteiger partial charge in [0.05, 0.1) is 6.04 Å². The van der Waals surface area contributed by atoms with Crippen LogP contribution in [0.25, 0.3) is 0 Å². The number of benzene rings is 2. The van der Waals surface area contributed by atoms with Crippen LogP contribution in [0.4, 0.5) is 16.2 Å². The Bertz CT molecular complexity index is 871. The molecule has 1 heterocycles. The maximum Gasteiger partial charge on any atom is 0.326 e. The van der Waals surface area contributed by atoms with Crippen molar-refractivity contribution in [2.24, 2.45) is 0 Å². The molecule has 142 valence electrons. The molecular formula is C19H19Cl2N3O3. The van der Waals surface area contributed by atoms with Gasteiger partial charge in [0, 0.05) is 33.4 Å². The summed E-state index contributed by atoms with van der Waals surface area (Å²) in [5.41, 5.74) is 2.94. The molecule has 0 aromatic heterocycles. The molecule has 2 amide bonds. The van der Waals surface area contributed by atoms with Crippen molar-refractivity contribution < 1.29 is 14.7 Å². The Balaban J connectivity index is 1.80. The first-order chi connectivity index (χ1) is 12.9. The van der Waals surface area contributed by atoms with E-state index in [2.05, 4.69) is 22.9 Å². The van der Waals surface area contributed by atoms with Crippen molar-refractivity contribution in [2.75, 3.05) is 10.6 Å². The van der Waals surface area contributed by atoms with Gasteiger partial charge < -0.3 is 21.1 Å². The fraction of sp³-hybridized carbons (Fsp3) is 0.263. The summed E-state index contributed by atoms with van der Waals surface area (Å²) >= 11 is 12.3. The van der Waals surface area contributed by atoms with Gasteiger partial charge in [0.15, 0.2) is 0 Å². The van der Waals surface area contributed by atoms with Crippen LogP contribution in [0.1, 0.15) is 30.5 Å². The number of urea groups is 1. The minimum absolute atomic E-state index is 0.159. The Morgan fingerprint density at radius 2 is 1.93 bits per heavy atom. The third-order valence-corrected chi connectivity index (χ3v) is 5.00. The Kier molecular flexibility index (Phi) is 5.77. The monoisotopic (exact) mass is 407 g/mol. The number of rotatable bonds is 4. The number of carbonyl (C=O) groups excluding carboxylic acids is 1. The van der Waals surface area contributed by atoms with E-state index in [1.54, 1.807) is 12.1 Å². The number of aryl methyl sites for hydroxylation is 1. The molecule has 3 rings (SSSR count). The number of fused-ring (bicyclic) bond motifs is 1. The van der Waals surface area contributed by atoms with E-state index in [0.717, 1.165) is 6.42 Å². The number of hydrogen-bond donors (Lipinski definition) is 4. The number of halogens is 2. The highest BCUT2D eigenvalue weighted by Crippen LogP contribution is 2.39. The van der Waals surface area contributed by atoms with Crippen molar-refractivity contribution in [1.29, 1.82) is 0 Å². The predicted octanol–water partition coefficient (Wildman–Crippen LogP) is 4.69. The number of carboxylic acids is 1. The summed E-state index contributed by atoms with van der Waals surface area (Å²) in [6.45, 7) is 2.05. The molecule has 0 fully saturated rings. The van der Waals surface area contributed by atoms with Gasteiger partial charge >= 0.3 is 12.0 Å². The largest absolute Gasteiger partial charge is 0.480 e. The first-order valence-electron chi connectivity index (χ1n) is 8.52. The maximum atomic E-state index is 12.4. The highest BCUT2D eigenvalue weighted by Gasteiger charge is 2.33. The lowest BCUT2D eigenvalue weighted by Crippen LogP contribution is -2.42. The molecular weight excluding hydrogens is 389 g/mol. The van der Waals surface area contributed by atoms with Crippen LogP contribution < -0.4 is 16.0 Å². The lowest BCUT2D eigenvalue weighted by molar-refractivity contribution is -0.138. The van der Waals surface area contributed by atoms with Gasteiger partial charge in [0.1, 0.15) is 6.04 Å². The molecule has 0 bridgehead atoms. The van der Waals surface area contributed by atoms with Gasteiger partial charge in [-0.05, 0) is 36.2 Å². The summed E-state index contributed by atoms with van der Waals surface area (Å²) in [6.07, 6.45) is 1.07. The van der Waals surface area contributed by atoms with Gasteiger partial charge in [-0.15, -0.1) is 0 Å². The van der Waals surface area contributed by atoms with Crippen molar-refractivity contribution >= 4 is 46.6 Å². The predicted molar refractivity (Wildman–Crippen MR) is 107 cm³/mol. The Morgan fingerprint density at radius 3 is 2.56 bits per heavy atom. The molecule has 0 radical (unpaired) electrons. The Hall–Kier alpha value is -2.44. The quantitative estimate of drug-likeness (QED) is 0.591. The van der Waals surface area contributed by atoms with Crippen LogP contribution in [-0.4, -0.2) is 23.1 Å². The van der Waals surface area contributed by atoms with E-state index in [1.807, 2.05) is 24.3 Å². The SMILES string of the molecule is CCc1ccc(NC(=O)N[C@@H]2C[C@@H](C(=O)O)Nc3cc(Cl)cc(Cl)c32)cc1. The third-order valence-electron chi connectivity index (χ3n) is 4.47. The second-order valence-corrected chi connectivity index (χ2v) is 7.16. The summed E-state index contributed by atoms with van der Waals surface area (Å²) < 4.78 is 0. The van der Waals surface area contributed by atoms with Crippen LogP contribution >= 0.6 is 23.2 Å². The number of carboxylic acid groups (broad SMARTS) is 1. The fourth-order valence-corrected chi connectivity index (χ4v) is 3.73. The number of anilines is 2. The van der Waals surface area contributed by atoms with Crippen molar-refractivity contribution in [2.45, 2.75) is 31.8 Å². The van der Waals surface area contributed by atoms with Gasteiger partial charge in [-0.2, -0.15) is 0 Å². The molecule has 2 aromatic carbocycles. The van der Waals surface area contributed by atoms with Crippen LogP contribution in [0.2, 0.25) is 10.0 Å². The van der Waals surface area contributed by atoms with Gasteiger partial charge in [-0.3, -0.25) is 0 Å². The highest BCUT2D eigenvalue weighted by atomic mass is 35.5. The van der Waals surface area contributed by atoms with E-state index in [-0.39, 0.29) is 6.42 Å². The molecule has 0 saturated carbocycles. The summed E-state index contributed by atoms with van der Waals surface area (Å²) in [6, 6.07) is 8.83. The number of aliphatic carboxylic acids is 1.